The largest absolute Gasteiger partial charge is 0.335 e. The lowest BCUT2D eigenvalue weighted by Gasteiger charge is -2.23. The maximum atomic E-state index is 11.9. The van der Waals surface area contributed by atoms with Crippen molar-refractivity contribution in [2.24, 2.45) is 0 Å². The van der Waals surface area contributed by atoms with E-state index < -0.39 is 6.04 Å². The summed E-state index contributed by atoms with van der Waals surface area (Å²) in [5.41, 5.74) is 1.43. The molecule has 19 heavy (non-hydrogen) atoms. The average molecular weight is 256 g/mol. The number of aldehydes is 1. The van der Waals surface area contributed by atoms with Crippen LogP contribution in [0.4, 0.5) is 0 Å². The number of nitrogens with zero attached hydrogens (tertiary/aromatic N) is 1. The Bertz CT molecular complexity index is 687. The molecule has 0 aliphatic carbocycles. The van der Waals surface area contributed by atoms with E-state index in [2.05, 4.69) is 5.32 Å². The van der Waals surface area contributed by atoms with Gasteiger partial charge in [-0.25, -0.2) is 0 Å². The number of amides is 2. The van der Waals surface area contributed by atoms with Crippen molar-refractivity contribution < 1.29 is 14.4 Å². The van der Waals surface area contributed by atoms with E-state index in [1.165, 1.54) is 0 Å². The fraction of sp³-hybridized carbons (Fsp3) is 0.214. The van der Waals surface area contributed by atoms with Gasteiger partial charge in [0.15, 0.2) is 6.29 Å². The van der Waals surface area contributed by atoms with Crippen LogP contribution in [0.1, 0.15) is 29.2 Å². The van der Waals surface area contributed by atoms with Crippen LogP contribution in [0, 0.1) is 0 Å². The van der Waals surface area contributed by atoms with E-state index in [0.717, 1.165) is 17.2 Å². The van der Waals surface area contributed by atoms with Crippen LogP contribution in [0.3, 0.4) is 0 Å². The third-order valence-corrected chi connectivity index (χ3v) is 3.47. The number of fused-ring (bicyclic) bond motifs is 1. The number of benzene rings is 1. The van der Waals surface area contributed by atoms with Gasteiger partial charge in [0, 0.05) is 29.1 Å². The standard InChI is InChI=1S/C14H12N2O3/c17-8-9-2-1-3-11-10(9)6-7-16(11)12-4-5-13(18)15-14(12)19/h1-3,6-8,12H,4-5H2,(H,15,18,19). The number of carbonyl (C=O) groups excluding carboxylic acids is 3. The minimum absolute atomic E-state index is 0.230. The topological polar surface area (TPSA) is 68.2 Å². The van der Waals surface area contributed by atoms with E-state index >= 15 is 0 Å². The Kier molecular flexibility index (Phi) is 2.67. The lowest BCUT2D eigenvalue weighted by atomic mass is 10.1. The summed E-state index contributed by atoms with van der Waals surface area (Å²) in [6.07, 6.45) is 3.41. The summed E-state index contributed by atoms with van der Waals surface area (Å²) in [7, 11) is 0. The molecule has 0 saturated carbocycles. The summed E-state index contributed by atoms with van der Waals surface area (Å²) in [5.74, 6) is -0.517. The maximum Gasteiger partial charge on any atom is 0.249 e. The van der Waals surface area contributed by atoms with E-state index in [1.54, 1.807) is 18.3 Å². The number of imide groups is 1. The quantitative estimate of drug-likeness (QED) is 0.653. The molecule has 2 amide bonds. The molecule has 1 aromatic heterocycles. The number of hydrogen-bond acceptors (Lipinski definition) is 3. The van der Waals surface area contributed by atoms with Crippen molar-refractivity contribution in [3.05, 3.63) is 36.0 Å². The van der Waals surface area contributed by atoms with E-state index in [9.17, 15) is 14.4 Å². The summed E-state index contributed by atoms with van der Waals surface area (Å²) >= 11 is 0. The number of rotatable bonds is 2. The Morgan fingerprint density at radius 2 is 2.11 bits per heavy atom. The zero-order valence-electron chi connectivity index (χ0n) is 10.1. The van der Waals surface area contributed by atoms with Crippen molar-refractivity contribution in [2.45, 2.75) is 18.9 Å². The van der Waals surface area contributed by atoms with Gasteiger partial charge in [0.25, 0.3) is 0 Å². The molecule has 2 heterocycles. The molecule has 0 radical (unpaired) electrons. The monoisotopic (exact) mass is 256 g/mol. The molecule has 1 saturated heterocycles. The zero-order valence-corrected chi connectivity index (χ0v) is 10.1. The number of carbonyl (C=O) groups is 3. The van der Waals surface area contributed by atoms with Crippen LogP contribution in [-0.4, -0.2) is 22.7 Å². The first-order valence-electron chi connectivity index (χ1n) is 6.09. The molecule has 1 unspecified atom stereocenters. The Labute approximate surface area is 109 Å². The summed E-state index contributed by atoms with van der Waals surface area (Å²) in [6.45, 7) is 0. The summed E-state index contributed by atoms with van der Waals surface area (Å²) in [4.78, 5) is 34.0. The van der Waals surface area contributed by atoms with Crippen molar-refractivity contribution in [3.63, 3.8) is 0 Å². The molecular weight excluding hydrogens is 244 g/mol. The molecule has 1 atom stereocenters. The Hall–Kier alpha value is -2.43. The van der Waals surface area contributed by atoms with Crippen LogP contribution < -0.4 is 5.32 Å². The van der Waals surface area contributed by atoms with Gasteiger partial charge in [-0.3, -0.25) is 19.7 Å². The first-order chi connectivity index (χ1) is 9.20. The molecular formula is C14H12N2O3. The van der Waals surface area contributed by atoms with Gasteiger partial charge in [0.1, 0.15) is 6.04 Å². The average Bonchev–Trinajstić information content (AvgIpc) is 2.82. The molecule has 1 aromatic carbocycles. The Morgan fingerprint density at radius 1 is 1.26 bits per heavy atom. The lowest BCUT2D eigenvalue weighted by Crippen LogP contribution is -2.41. The normalized spacial score (nSPS) is 19.5. The van der Waals surface area contributed by atoms with Crippen LogP contribution in [0.15, 0.2) is 30.5 Å². The highest BCUT2D eigenvalue weighted by molar-refractivity contribution is 6.01. The van der Waals surface area contributed by atoms with Crippen molar-refractivity contribution in [2.75, 3.05) is 0 Å². The SMILES string of the molecule is O=Cc1cccc2c1ccn2C1CCC(=O)NC1=O. The van der Waals surface area contributed by atoms with Gasteiger partial charge in [-0.1, -0.05) is 12.1 Å². The fourth-order valence-corrected chi connectivity index (χ4v) is 2.53. The first kappa shape index (κ1) is 11.6. The van der Waals surface area contributed by atoms with Crippen LogP contribution in [0.25, 0.3) is 10.9 Å². The highest BCUT2D eigenvalue weighted by Crippen LogP contribution is 2.26. The predicted octanol–water partition coefficient (Wildman–Crippen LogP) is 1.43. The third kappa shape index (κ3) is 1.83. The van der Waals surface area contributed by atoms with E-state index in [0.29, 0.717) is 18.4 Å². The van der Waals surface area contributed by atoms with Crippen molar-refractivity contribution >= 4 is 29.0 Å². The van der Waals surface area contributed by atoms with E-state index in [4.69, 9.17) is 0 Å². The number of aromatic nitrogens is 1. The van der Waals surface area contributed by atoms with Crippen molar-refractivity contribution in [1.29, 1.82) is 0 Å². The minimum Gasteiger partial charge on any atom is -0.335 e. The minimum atomic E-state index is -0.392. The molecule has 0 bridgehead atoms. The Balaban J connectivity index is 2.09. The maximum absolute atomic E-state index is 11.9. The molecule has 1 aliphatic heterocycles. The van der Waals surface area contributed by atoms with Crippen LogP contribution in [0.2, 0.25) is 0 Å². The molecule has 2 aromatic rings. The molecule has 1 fully saturated rings. The highest BCUT2D eigenvalue weighted by atomic mass is 16.2. The molecule has 5 heteroatoms. The van der Waals surface area contributed by atoms with Crippen molar-refractivity contribution in [3.8, 4) is 0 Å². The highest BCUT2D eigenvalue weighted by Gasteiger charge is 2.28. The third-order valence-electron chi connectivity index (χ3n) is 3.47. The molecule has 96 valence electrons. The zero-order chi connectivity index (χ0) is 13.4. The van der Waals surface area contributed by atoms with E-state index in [-0.39, 0.29) is 11.8 Å². The molecule has 5 nitrogen and oxygen atoms in total. The Morgan fingerprint density at radius 3 is 2.84 bits per heavy atom. The van der Waals surface area contributed by atoms with Gasteiger partial charge in [-0.2, -0.15) is 0 Å². The number of hydrogen-bond donors (Lipinski definition) is 1. The van der Waals surface area contributed by atoms with Crippen LogP contribution in [-0.2, 0) is 9.59 Å². The second-order valence-corrected chi connectivity index (χ2v) is 4.59. The summed E-state index contributed by atoms with van der Waals surface area (Å²) in [5, 5.41) is 3.16. The molecule has 1 aliphatic rings. The van der Waals surface area contributed by atoms with Gasteiger partial charge in [0.2, 0.25) is 11.8 Å². The predicted molar refractivity (Wildman–Crippen MR) is 68.7 cm³/mol. The molecule has 0 spiro atoms. The van der Waals surface area contributed by atoms with E-state index in [1.807, 2.05) is 16.7 Å². The second kappa shape index (κ2) is 4.35. The lowest BCUT2D eigenvalue weighted by molar-refractivity contribution is -0.135. The summed E-state index contributed by atoms with van der Waals surface area (Å²) < 4.78 is 1.82. The number of piperidine rings is 1. The smallest absolute Gasteiger partial charge is 0.249 e. The van der Waals surface area contributed by atoms with Crippen molar-refractivity contribution in [1.82, 2.24) is 9.88 Å². The number of nitrogens with one attached hydrogen (secondary N) is 1. The summed E-state index contributed by atoms with van der Waals surface area (Å²) in [6, 6.07) is 6.82. The van der Waals surface area contributed by atoms with Crippen LogP contribution >= 0.6 is 0 Å². The second-order valence-electron chi connectivity index (χ2n) is 4.59. The first-order valence-corrected chi connectivity index (χ1v) is 6.09. The van der Waals surface area contributed by atoms with Crippen LogP contribution in [0.5, 0.6) is 0 Å². The fourth-order valence-electron chi connectivity index (χ4n) is 2.53. The van der Waals surface area contributed by atoms with Gasteiger partial charge in [0.05, 0.1) is 0 Å². The van der Waals surface area contributed by atoms with Gasteiger partial charge in [-0.15, -0.1) is 0 Å². The van der Waals surface area contributed by atoms with Gasteiger partial charge >= 0.3 is 0 Å². The molecule has 1 N–H and O–H groups in total. The van der Waals surface area contributed by atoms with Gasteiger partial charge < -0.3 is 4.57 Å². The molecule has 3 rings (SSSR count). The van der Waals surface area contributed by atoms with Gasteiger partial charge in [-0.05, 0) is 18.6 Å².